The molecule has 14 nitrogen and oxygen atoms in total. The summed E-state index contributed by atoms with van der Waals surface area (Å²) in [6, 6.07) is 9.96. The molecule has 0 aromatic heterocycles. The van der Waals surface area contributed by atoms with Gasteiger partial charge in [0.05, 0.1) is 31.1 Å². The number of carbonyl (C=O) groups excluding carboxylic acids is 3. The Bertz CT molecular complexity index is 1710. The summed E-state index contributed by atoms with van der Waals surface area (Å²) >= 11 is 0. The standard InChI is InChI=1S/C29H30N4O10S/c1-16-27(34)31-23(29(36)43-4)14-17-5-11-24(41-2)21(13-17)22-15-18(6-12-25(22)42-3)26(28(35)30-16)32-44(39,40)20-9-7-19(8-10-20)33(37)38/h5-13,15-16,23,26,32H,14H2,1-4H3,(H,30,35)(H,31,34)/t16-,23-,26-/m0/s1. The van der Waals surface area contributed by atoms with E-state index in [-0.39, 0.29) is 22.6 Å². The number of nitrogens with one attached hydrogen (secondary N) is 3. The number of nitro groups is 1. The summed E-state index contributed by atoms with van der Waals surface area (Å²) in [5, 5.41) is 16.1. The third-order valence-corrected chi connectivity index (χ3v) is 8.44. The van der Waals surface area contributed by atoms with Gasteiger partial charge in [0.2, 0.25) is 21.8 Å². The van der Waals surface area contributed by atoms with Crippen LogP contribution in [0, 0.1) is 10.1 Å². The number of esters is 1. The number of rotatable bonds is 7. The molecule has 0 spiro atoms. The van der Waals surface area contributed by atoms with Crippen molar-refractivity contribution in [2.75, 3.05) is 21.3 Å². The van der Waals surface area contributed by atoms with Crippen LogP contribution in [-0.2, 0) is 35.6 Å². The topological polar surface area (TPSA) is 192 Å². The van der Waals surface area contributed by atoms with E-state index >= 15 is 0 Å². The number of ether oxygens (including phenoxy) is 3. The molecule has 1 aliphatic rings. The highest BCUT2D eigenvalue weighted by atomic mass is 32.2. The number of hydrogen-bond donors (Lipinski definition) is 3. The minimum absolute atomic E-state index is 0.0513. The van der Waals surface area contributed by atoms with E-state index in [1.807, 2.05) is 0 Å². The minimum atomic E-state index is -4.43. The zero-order valence-electron chi connectivity index (χ0n) is 24.2. The lowest BCUT2D eigenvalue weighted by Gasteiger charge is -2.25. The van der Waals surface area contributed by atoms with Gasteiger partial charge in [-0.1, -0.05) is 12.1 Å². The number of nitro benzene ring substituents is 1. The number of nitrogens with zero attached hydrogens (tertiary/aromatic N) is 1. The summed E-state index contributed by atoms with van der Waals surface area (Å²) in [4.78, 5) is 49.4. The first kappa shape index (κ1) is 31.9. The Morgan fingerprint density at radius 1 is 0.909 bits per heavy atom. The van der Waals surface area contributed by atoms with Crippen LogP contribution in [0.4, 0.5) is 5.69 Å². The van der Waals surface area contributed by atoms with Crippen LogP contribution in [0.3, 0.4) is 0 Å². The predicted octanol–water partition coefficient (Wildman–Crippen LogP) is 2.02. The highest BCUT2D eigenvalue weighted by Gasteiger charge is 2.32. The molecule has 0 saturated carbocycles. The van der Waals surface area contributed by atoms with Crippen LogP contribution in [0.2, 0.25) is 0 Å². The molecule has 4 rings (SSSR count). The lowest BCUT2D eigenvalue weighted by molar-refractivity contribution is -0.384. The van der Waals surface area contributed by atoms with Gasteiger partial charge in [0.1, 0.15) is 29.6 Å². The van der Waals surface area contributed by atoms with Crippen molar-refractivity contribution in [3.05, 3.63) is 81.9 Å². The van der Waals surface area contributed by atoms with Crippen LogP contribution < -0.4 is 24.8 Å². The normalized spacial score (nSPS) is 18.7. The van der Waals surface area contributed by atoms with Crippen molar-refractivity contribution in [1.82, 2.24) is 15.4 Å². The Hall–Kier alpha value is -5.02. The fourth-order valence-electron chi connectivity index (χ4n) is 4.68. The molecule has 3 atom stereocenters. The van der Waals surface area contributed by atoms with Crippen LogP contribution in [0.5, 0.6) is 11.5 Å². The van der Waals surface area contributed by atoms with Crippen LogP contribution >= 0.6 is 0 Å². The molecule has 1 aliphatic heterocycles. The van der Waals surface area contributed by atoms with Crippen molar-refractivity contribution < 1.29 is 41.9 Å². The van der Waals surface area contributed by atoms with E-state index in [0.29, 0.717) is 28.2 Å². The van der Waals surface area contributed by atoms with E-state index in [4.69, 9.17) is 14.2 Å². The van der Waals surface area contributed by atoms with Crippen LogP contribution in [0.15, 0.2) is 65.6 Å². The van der Waals surface area contributed by atoms with E-state index in [1.54, 1.807) is 30.3 Å². The lowest BCUT2D eigenvalue weighted by Crippen LogP contribution is -2.53. The first-order chi connectivity index (χ1) is 20.9. The molecule has 2 amide bonds. The Balaban J connectivity index is 1.89. The van der Waals surface area contributed by atoms with Gasteiger partial charge in [0, 0.05) is 29.7 Å². The van der Waals surface area contributed by atoms with E-state index in [9.17, 15) is 32.9 Å². The van der Waals surface area contributed by atoms with E-state index in [2.05, 4.69) is 15.4 Å². The largest absolute Gasteiger partial charge is 0.496 e. The monoisotopic (exact) mass is 626 g/mol. The SMILES string of the molecule is COC(=O)[C@@H]1Cc2ccc(OC)c(c2)-c2cc(ccc2OC)[C@H](NS(=O)(=O)c2ccc([N+](=O)[O-])cc2)C(=O)N[C@@H](C)C(=O)N1. The third kappa shape index (κ3) is 6.79. The smallest absolute Gasteiger partial charge is 0.328 e. The summed E-state index contributed by atoms with van der Waals surface area (Å²) in [6.07, 6.45) is 0.0513. The maximum atomic E-state index is 13.7. The lowest BCUT2D eigenvalue weighted by atomic mass is 9.94. The minimum Gasteiger partial charge on any atom is -0.496 e. The molecule has 0 saturated heterocycles. The first-order valence-electron chi connectivity index (χ1n) is 13.2. The van der Waals surface area contributed by atoms with Gasteiger partial charge in [0.15, 0.2) is 0 Å². The van der Waals surface area contributed by atoms with Gasteiger partial charge >= 0.3 is 5.97 Å². The third-order valence-electron chi connectivity index (χ3n) is 7.00. The van der Waals surface area contributed by atoms with Gasteiger partial charge in [-0.15, -0.1) is 0 Å². The van der Waals surface area contributed by atoms with Gasteiger partial charge in [-0.3, -0.25) is 19.7 Å². The van der Waals surface area contributed by atoms with Gasteiger partial charge in [-0.25, -0.2) is 13.2 Å². The Morgan fingerprint density at radius 2 is 1.52 bits per heavy atom. The number of non-ortho nitro benzene ring substituents is 1. The quantitative estimate of drug-likeness (QED) is 0.199. The van der Waals surface area contributed by atoms with E-state index in [0.717, 1.165) is 24.3 Å². The van der Waals surface area contributed by atoms with Crippen LogP contribution in [0.25, 0.3) is 11.1 Å². The zero-order valence-corrected chi connectivity index (χ0v) is 25.0. The summed E-state index contributed by atoms with van der Waals surface area (Å²) < 4.78 is 45.2. The van der Waals surface area contributed by atoms with Crippen molar-refractivity contribution >= 4 is 33.5 Å². The molecule has 0 aliphatic carbocycles. The van der Waals surface area contributed by atoms with Gasteiger partial charge in [0.25, 0.3) is 5.69 Å². The molecule has 3 aromatic rings. The Labute approximate surface area is 252 Å². The molecule has 0 fully saturated rings. The number of benzene rings is 3. The highest BCUT2D eigenvalue weighted by molar-refractivity contribution is 7.89. The van der Waals surface area contributed by atoms with E-state index < -0.39 is 50.9 Å². The van der Waals surface area contributed by atoms with Gasteiger partial charge in [-0.05, 0) is 54.4 Å². The number of fused-ring (bicyclic) bond motifs is 5. The first-order valence-corrected chi connectivity index (χ1v) is 14.7. The molecular formula is C29H30N4O10S. The maximum Gasteiger partial charge on any atom is 0.328 e. The second-order valence-corrected chi connectivity index (χ2v) is 11.5. The molecular weight excluding hydrogens is 596 g/mol. The van der Waals surface area contributed by atoms with Crippen molar-refractivity contribution in [2.45, 2.75) is 36.4 Å². The molecule has 4 bridgehead atoms. The molecule has 0 radical (unpaired) electrons. The van der Waals surface area contributed by atoms with Crippen LogP contribution in [-0.4, -0.2) is 64.5 Å². The van der Waals surface area contributed by atoms with Crippen molar-refractivity contribution in [3.63, 3.8) is 0 Å². The second-order valence-electron chi connectivity index (χ2n) is 9.82. The molecule has 15 heteroatoms. The molecule has 232 valence electrons. The molecule has 3 N–H and O–H groups in total. The van der Waals surface area contributed by atoms with Gasteiger partial charge in [-0.2, -0.15) is 4.72 Å². The average molecular weight is 627 g/mol. The number of amides is 2. The Kier molecular flexibility index (Phi) is 9.50. The zero-order chi connectivity index (χ0) is 32.2. The number of hydrogen-bond acceptors (Lipinski definition) is 10. The molecule has 1 heterocycles. The van der Waals surface area contributed by atoms with Crippen LogP contribution in [0.1, 0.15) is 24.1 Å². The summed E-state index contributed by atoms with van der Waals surface area (Å²) in [5.74, 6) is -1.53. The molecule has 0 unspecified atom stereocenters. The fourth-order valence-corrected chi connectivity index (χ4v) is 5.87. The number of carbonyl (C=O) groups is 3. The highest BCUT2D eigenvalue weighted by Crippen LogP contribution is 2.39. The second kappa shape index (κ2) is 13.1. The fraction of sp³-hybridized carbons (Fsp3) is 0.276. The Morgan fingerprint density at radius 3 is 2.11 bits per heavy atom. The predicted molar refractivity (Wildman–Crippen MR) is 156 cm³/mol. The number of methoxy groups -OCH3 is 3. The molecule has 3 aromatic carbocycles. The summed E-state index contributed by atoms with van der Waals surface area (Å²) in [7, 11) is -0.347. The summed E-state index contributed by atoms with van der Waals surface area (Å²) in [5.41, 5.74) is 1.45. The van der Waals surface area contributed by atoms with Crippen molar-refractivity contribution in [1.29, 1.82) is 0 Å². The van der Waals surface area contributed by atoms with Gasteiger partial charge < -0.3 is 24.8 Å². The van der Waals surface area contributed by atoms with E-state index in [1.165, 1.54) is 34.3 Å². The number of sulfonamides is 1. The molecule has 44 heavy (non-hydrogen) atoms. The van der Waals surface area contributed by atoms with Crippen molar-refractivity contribution in [2.24, 2.45) is 0 Å². The summed E-state index contributed by atoms with van der Waals surface area (Å²) in [6.45, 7) is 1.38. The average Bonchev–Trinajstić information content (AvgIpc) is 3.02. The maximum absolute atomic E-state index is 13.7. The van der Waals surface area contributed by atoms with Crippen molar-refractivity contribution in [3.8, 4) is 22.6 Å².